The fourth-order valence-electron chi connectivity index (χ4n) is 1.33. The summed E-state index contributed by atoms with van der Waals surface area (Å²) < 4.78 is 0.538. The van der Waals surface area contributed by atoms with Gasteiger partial charge in [-0.15, -0.1) is 0 Å². The van der Waals surface area contributed by atoms with Crippen LogP contribution in [0.15, 0.2) is 12.1 Å². The predicted octanol–water partition coefficient (Wildman–Crippen LogP) is 2.06. The first-order valence-electron chi connectivity index (χ1n) is 4.63. The van der Waals surface area contributed by atoms with Crippen molar-refractivity contribution in [2.75, 3.05) is 19.0 Å². The summed E-state index contributed by atoms with van der Waals surface area (Å²) in [5.41, 5.74) is 2.63. The molecule has 0 aliphatic heterocycles. The van der Waals surface area contributed by atoms with Crippen LogP contribution in [0, 0.1) is 11.6 Å². The smallest absolute Gasteiger partial charge is 0.204 e. The number of pyridine rings is 1. The van der Waals surface area contributed by atoms with Crippen LogP contribution in [0.25, 0.3) is 11.0 Å². The lowest BCUT2D eigenvalue weighted by Gasteiger charge is -2.11. The molecule has 2 heterocycles. The van der Waals surface area contributed by atoms with Crippen molar-refractivity contribution in [2.45, 2.75) is 6.92 Å². The van der Waals surface area contributed by atoms with Crippen molar-refractivity contribution in [3.63, 3.8) is 0 Å². The number of rotatable bonds is 1. The molecule has 78 valence electrons. The van der Waals surface area contributed by atoms with Gasteiger partial charge in [0.05, 0.1) is 5.52 Å². The number of aromatic amines is 1. The van der Waals surface area contributed by atoms with E-state index in [-0.39, 0.29) is 0 Å². The third kappa shape index (κ3) is 1.83. The van der Waals surface area contributed by atoms with Gasteiger partial charge in [0.25, 0.3) is 0 Å². The van der Waals surface area contributed by atoms with Gasteiger partial charge in [0.15, 0.2) is 4.64 Å². The zero-order valence-electron chi connectivity index (χ0n) is 8.90. The summed E-state index contributed by atoms with van der Waals surface area (Å²) in [5, 5.41) is 0. The first kappa shape index (κ1) is 10.0. The number of aryl methyl sites for hydroxylation is 1. The molecule has 1 N–H and O–H groups in total. The molecule has 2 aromatic rings. The molecule has 0 saturated carbocycles. The number of hydrogen-bond donors (Lipinski definition) is 1. The van der Waals surface area contributed by atoms with E-state index in [1.807, 2.05) is 38.1 Å². The topological polar surface area (TPSA) is 44.8 Å². The zero-order chi connectivity index (χ0) is 11.0. The number of H-pyrrole nitrogens is 1. The van der Waals surface area contributed by atoms with Gasteiger partial charge >= 0.3 is 0 Å². The van der Waals surface area contributed by atoms with Crippen LogP contribution >= 0.6 is 12.2 Å². The van der Waals surface area contributed by atoms with Crippen molar-refractivity contribution in [2.24, 2.45) is 0 Å². The average Bonchev–Trinajstić information content (AvgIpc) is 2.18. The quantitative estimate of drug-likeness (QED) is 0.747. The number of fused-ring (bicyclic) bond motifs is 1. The Hall–Kier alpha value is -1.49. The van der Waals surface area contributed by atoms with Crippen LogP contribution in [0.3, 0.4) is 0 Å². The molecule has 2 aromatic heterocycles. The molecule has 0 amide bonds. The molecular formula is C10H12N4S. The van der Waals surface area contributed by atoms with Crippen molar-refractivity contribution in [3.05, 3.63) is 22.5 Å². The monoisotopic (exact) mass is 220 g/mol. The molecule has 15 heavy (non-hydrogen) atoms. The summed E-state index contributed by atoms with van der Waals surface area (Å²) in [7, 11) is 3.84. The highest BCUT2D eigenvalue weighted by Crippen LogP contribution is 2.14. The summed E-state index contributed by atoms with van der Waals surface area (Å²) >= 11 is 5.20. The minimum Gasteiger partial charge on any atom is -0.348 e. The summed E-state index contributed by atoms with van der Waals surface area (Å²) in [6.45, 7) is 1.94. The van der Waals surface area contributed by atoms with E-state index < -0.39 is 0 Å². The lowest BCUT2D eigenvalue weighted by molar-refractivity contribution is 1.01. The largest absolute Gasteiger partial charge is 0.348 e. The molecule has 0 atom stereocenters. The highest BCUT2D eigenvalue weighted by molar-refractivity contribution is 7.71. The van der Waals surface area contributed by atoms with E-state index >= 15 is 0 Å². The molecule has 0 unspecified atom stereocenters. The molecule has 0 radical (unpaired) electrons. The SMILES string of the molecule is Cc1ccc2[nH]c(N(C)C)nc(=S)c2n1. The lowest BCUT2D eigenvalue weighted by Crippen LogP contribution is -2.13. The van der Waals surface area contributed by atoms with E-state index in [1.165, 1.54) is 0 Å². The van der Waals surface area contributed by atoms with E-state index in [1.54, 1.807) is 0 Å². The van der Waals surface area contributed by atoms with Crippen LogP contribution in [-0.4, -0.2) is 29.0 Å². The normalized spacial score (nSPS) is 10.6. The van der Waals surface area contributed by atoms with E-state index in [0.29, 0.717) is 4.64 Å². The minimum absolute atomic E-state index is 0.538. The Morgan fingerprint density at radius 2 is 2.00 bits per heavy atom. The summed E-state index contributed by atoms with van der Waals surface area (Å²) in [5.74, 6) is 0.748. The Kier molecular flexibility index (Phi) is 2.40. The maximum atomic E-state index is 5.20. The zero-order valence-corrected chi connectivity index (χ0v) is 9.72. The second-order valence-corrected chi connectivity index (χ2v) is 4.00. The summed E-state index contributed by atoms with van der Waals surface area (Å²) in [6, 6.07) is 3.93. The fraction of sp³-hybridized carbons (Fsp3) is 0.300. The molecule has 0 fully saturated rings. The Morgan fingerprint density at radius 3 is 2.67 bits per heavy atom. The van der Waals surface area contributed by atoms with Gasteiger partial charge in [-0.2, -0.15) is 0 Å². The van der Waals surface area contributed by atoms with E-state index in [2.05, 4.69) is 15.0 Å². The number of aromatic nitrogens is 3. The lowest BCUT2D eigenvalue weighted by atomic mass is 10.3. The third-order valence-corrected chi connectivity index (χ3v) is 2.40. The standard InChI is InChI=1S/C10H12N4S/c1-6-4-5-7-8(11-6)9(15)13-10(12-7)14(2)3/h4-5H,1-3H3,(H,12,13,15). The maximum Gasteiger partial charge on any atom is 0.204 e. The van der Waals surface area contributed by atoms with Crippen molar-refractivity contribution >= 4 is 29.2 Å². The first-order valence-corrected chi connectivity index (χ1v) is 5.04. The van der Waals surface area contributed by atoms with Crippen molar-refractivity contribution in [1.29, 1.82) is 0 Å². The van der Waals surface area contributed by atoms with E-state index in [4.69, 9.17) is 12.2 Å². The molecular weight excluding hydrogens is 208 g/mol. The van der Waals surface area contributed by atoms with Crippen LogP contribution in [0.1, 0.15) is 5.69 Å². The molecule has 0 saturated heterocycles. The Labute approximate surface area is 93.0 Å². The maximum absolute atomic E-state index is 5.20. The van der Waals surface area contributed by atoms with E-state index in [0.717, 1.165) is 22.7 Å². The highest BCUT2D eigenvalue weighted by atomic mass is 32.1. The Bertz CT molecular complexity index is 559. The van der Waals surface area contributed by atoms with Crippen LogP contribution in [0.2, 0.25) is 0 Å². The summed E-state index contributed by atoms with van der Waals surface area (Å²) in [6.07, 6.45) is 0. The van der Waals surface area contributed by atoms with Gasteiger partial charge in [-0.1, -0.05) is 12.2 Å². The minimum atomic E-state index is 0.538. The number of nitrogens with zero attached hydrogens (tertiary/aromatic N) is 3. The first-order chi connectivity index (χ1) is 7.08. The Morgan fingerprint density at radius 1 is 1.27 bits per heavy atom. The molecule has 5 heteroatoms. The molecule has 0 aliphatic carbocycles. The number of nitrogens with one attached hydrogen (secondary N) is 1. The van der Waals surface area contributed by atoms with Gasteiger partial charge in [-0.25, -0.2) is 9.97 Å². The third-order valence-electron chi connectivity index (χ3n) is 2.11. The van der Waals surface area contributed by atoms with Crippen molar-refractivity contribution in [3.8, 4) is 0 Å². The molecule has 0 aliphatic rings. The molecule has 0 spiro atoms. The number of anilines is 1. The van der Waals surface area contributed by atoms with Crippen molar-refractivity contribution < 1.29 is 0 Å². The molecule has 0 bridgehead atoms. The van der Waals surface area contributed by atoms with Crippen LogP contribution in [0.4, 0.5) is 5.95 Å². The van der Waals surface area contributed by atoms with Gasteiger partial charge in [-0.05, 0) is 19.1 Å². The molecule has 2 rings (SSSR count). The van der Waals surface area contributed by atoms with Crippen molar-refractivity contribution in [1.82, 2.24) is 15.0 Å². The molecule has 4 nitrogen and oxygen atoms in total. The highest BCUT2D eigenvalue weighted by Gasteiger charge is 2.03. The van der Waals surface area contributed by atoms with E-state index in [9.17, 15) is 0 Å². The predicted molar refractivity (Wildman–Crippen MR) is 63.8 cm³/mol. The van der Waals surface area contributed by atoms with Crippen LogP contribution < -0.4 is 4.90 Å². The van der Waals surface area contributed by atoms with Gasteiger partial charge in [0.1, 0.15) is 5.52 Å². The van der Waals surface area contributed by atoms with Gasteiger partial charge < -0.3 is 9.88 Å². The van der Waals surface area contributed by atoms with Crippen LogP contribution in [-0.2, 0) is 0 Å². The number of hydrogen-bond acceptors (Lipinski definition) is 4. The van der Waals surface area contributed by atoms with Gasteiger partial charge in [-0.3, -0.25) is 0 Å². The molecule has 0 aromatic carbocycles. The average molecular weight is 220 g/mol. The second-order valence-electron chi connectivity index (χ2n) is 3.61. The fourth-order valence-corrected chi connectivity index (χ4v) is 1.57. The van der Waals surface area contributed by atoms with Gasteiger partial charge in [0, 0.05) is 19.8 Å². The Balaban J connectivity index is 2.79. The van der Waals surface area contributed by atoms with Crippen LogP contribution in [0.5, 0.6) is 0 Å². The summed E-state index contributed by atoms with van der Waals surface area (Å²) in [4.78, 5) is 13.7. The van der Waals surface area contributed by atoms with Gasteiger partial charge in [0.2, 0.25) is 5.95 Å². The second kappa shape index (κ2) is 3.58.